The molecule has 124 valence electrons. The highest BCUT2D eigenvalue weighted by molar-refractivity contribution is 5.91. The predicted octanol–water partition coefficient (Wildman–Crippen LogP) is 4.23. The molecule has 1 heterocycles. The molecule has 1 N–H and O–H groups in total. The zero-order valence-electron chi connectivity index (χ0n) is 14.3. The van der Waals surface area contributed by atoms with E-state index in [2.05, 4.69) is 24.1 Å². The Hall–Kier alpha value is -2.82. The third kappa shape index (κ3) is 3.25. The van der Waals surface area contributed by atoms with Gasteiger partial charge in [-0.1, -0.05) is 12.1 Å². The highest BCUT2D eigenvalue weighted by atomic mass is 16.5. The lowest BCUT2D eigenvalue weighted by atomic mass is 10.2. The summed E-state index contributed by atoms with van der Waals surface area (Å²) in [6, 6.07) is 15.9. The highest BCUT2D eigenvalue weighted by Gasteiger charge is 2.11. The Morgan fingerprint density at radius 2 is 1.67 bits per heavy atom. The third-order valence-electron chi connectivity index (χ3n) is 3.99. The summed E-state index contributed by atoms with van der Waals surface area (Å²) in [6.07, 6.45) is 0. The van der Waals surface area contributed by atoms with Crippen molar-refractivity contribution in [1.82, 2.24) is 9.97 Å². The number of nitrogens with zero attached hydrogens (tertiary/aromatic N) is 3. The van der Waals surface area contributed by atoms with Gasteiger partial charge in [-0.3, -0.25) is 0 Å². The van der Waals surface area contributed by atoms with Gasteiger partial charge in [-0.2, -0.15) is 4.98 Å². The largest absolute Gasteiger partial charge is 0.497 e. The Kier molecular flexibility index (Phi) is 4.79. The van der Waals surface area contributed by atoms with Crippen LogP contribution in [0.5, 0.6) is 5.75 Å². The van der Waals surface area contributed by atoms with E-state index in [9.17, 15) is 0 Å². The van der Waals surface area contributed by atoms with Gasteiger partial charge in [0, 0.05) is 24.2 Å². The van der Waals surface area contributed by atoms with Crippen LogP contribution in [0.3, 0.4) is 0 Å². The number of hydrogen-bond acceptors (Lipinski definition) is 5. The minimum Gasteiger partial charge on any atom is -0.497 e. The van der Waals surface area contributed by atoms with Crippen molar-refractivity contribution in [2.45, 2.75) is 13.8 Å². The van der Waals surface area contributed by atoms with Crippen molar-refractivity contribution in [2.24, 2.45) is 0 Å². The first-order valence-corrected chi connectivity index (χ1v) is 8.18. The summed E-state index contributed by atoms with van der Waals surface area (Å²) >= 11 is 0. The lowest BCUT2D eigenvalue weighted by Gasteiger charge is -2.20. The maximum Gasteiger partial charge on any atom is 0.227 e. The van der Waals surface area contributed by atoms with Crippen molar-refractivity contribution in [2.75, 3.05) is 30.4 Å². The average Bonchev–Trinajstić information content (AvgIpc) is 2.63. The van der Waals surface area contributed by atoms with Gasteiger partial charge in [0.15, 0.2) is 0 Å². The molecule has 0 aliphatic carbocycles. The van der Waals surface area contributed by atoms with Crippen molar-refractivity contribution < 1.29 is 4.74 Å². The van der Waals surface area contributed by atoms with Gasteiger partial charge in [-0.15, -0.1) is 0 Å². The second kappa shape index (κ2) is 7.17. The number of anilines is 3. The maximum atomic E-state index is 5.21. The Morgan fingerprint density at radius 1 is 0.958 bits per heavy atom. The van der Waals surface area contributed by atoms with Crippen molar-refractivity contribution in [3.8, 4) is 5.75 Å². The Morgan fingerprint density at radius 3 is 2.33 bits per heavy atom. The molecule has 5 heteroatoms. The SMILES string of the molecule is CCN(CC)c1nc(Nc2ccc(OC)cc2)c2ccccc2n1. The number of aromatic nitrogens is 2. The van der Waals surface area contributed by atoms with Gasteiger partial charge in [0.25, 0.3) is 0 Å². The monoisotopic (exact) mass is 322 g/mol. The Balaban J connectivity index is 2.03. The van der Waals surface area contributed by atoms with Gasteiger partial charge < -0.3 is 15.0 Å². The summed E-state index contributed by atoms with van der Waals surface area (Å²) in [5.41, 5.74) is 1.90. The molecule has 0 unspecified atom stereocenters. The highest BCUT2D eigenvalue weighted by Crippen LogP contribution is 2.27. The van der Waals surface area contributed by atoms with E-state index in [4.69, 9.17) is 14.7 Å². The molecule has 0 atom stereocenters. The van der Waals surface area contributed by atoms with Crippen LogP contribution in [0, 0.1) is 0 Å². The lowest BCUT2D eigenvalue weighted by molar-refractivity contribution is 0.415. The van der Waals surface area contributed by atoms with Crippen LogP contribution in [0.1, 0.15) is 13.8 Å². The van der Waals surface area contributed by atoms with Crippen LogP contribution < -0.4 is 15.0 Å². The zero-order valence-corrected chi connectivity index (χ0v) is 14.3. The normalized spacial score (nSPS) is 10.6. The molecule has 3 rings (SSSR count). The number of rotatable bonds is 6. The number of hydrogen-bond donors (Lipinski definition) is 1. The van der Waals surface area contributed by atoms with E-state index in [1.54, 1.807) is 7.11 Å². The molecule has 0 aliphatic heterocycles. The summed E-state index contributed by atoms with van der Waals surface area (Å²) in [7, 11) is 1.66. The predicted molar refractivity (Wildman–Crippen MR) is 99.4 cm³/mol. The average molecular weight is 322 g/mol. The van der Waals surface area contributed by atoms with Gasteiger partial charge >= 0.3 is 0 Å². The molecule has 2 aromatic carbocycles. The van der Waals surface area contributed by atoms with Crippen molar-refractivity contribution in [3.05, 3.63) is 48.5 Å². The standard InChI is InChI=1S/C19H22N4O/c1-4-23(5-2)19-21-17-9-7-6-8-16(17)18(22-19)20-14-10-12-15(24-3)13-11-14/h6-13H,4-5H2,1-3H3,(H,20,21,22). The van der Waals surface area contributed by atoms with Crippen molar-refractivity contribution in [3.63, 3.8) is 0 Å². The molecule has 0 amide bonds. The van der Waals surface area contributed by atoms with E-state index >= 15 is 0 Å². The molecule has 0 saturated carbocycles. The topological polar surface area (TPSA) is 50.3 Å². The number of ether oxygens (including phenoxy) is 1. The second-order valence-corrected chi connectivity index (χ2v) is 5.42. The molecule has 3 aromatic rings. The van der Waals surface area contributed by atoms with Crippen LogP contribution in [0.15, 0.2) is 48.5 Å². The van der Waals surface area contributed by atoms with Crippen LogP contribution in [0.4, 0.5) is 17.5 Å². The third-order valence-corrected chi connectivity index (χ3v) is 3.99. The second-order valence-electron chi connectivity index (χ2n) is 5.42. The molecular formula is C19H22N4O. The molecule has 0 saturated heterocycles. The number of para-hydroxylation sites is 1. The molecule has 0 aliphatic rings. The Bertz CT molecular complexity index is 813. The number of benzene rings is 2. The van der Waals surface area contributed by atoms with Crippen molar-refractivity contribution >= 4 is 28.4 Å². The van der Waals surface area contributed by atoms with Crippen LogP contribution in [0.2, 0.25) is 0 Å². The minimum absolute atomic E-state index is 0.745. The van der Waals surface area contributed by atoms with E-state index in [0.29, 0.717) is 0 Å². The molecule has 1 aromatic heterocycles. The smallest absolute Gasteiger partial charge is 0.227 e. The van der Waals surface area contributed by atoms with Crippen LogP contribution >= 0.6 is 0 Å². The summed E-state index contributed by atoms with van der Waals surface area (Å²) in [5, 5.41) is 4.41. The molecule has 24 heavy (non-hydrogen) atoms. The van der Waals surface area contributed by atoms with Gasteiger partial charge in [0.2, 0.25) is 5.95 Å². The van der Waals surface area contributed by atoms with E-state index in [0.717, 1.165) is 47.2 Å². The number of methoxy groups -OCH3 is 1. The van der Waals surface area contributed by atoms with E-state index in [1.165, 1.54) is 0 Å². The van der Waals surface area contributed by atoms with Gasteiger partial charge in [0.05, 0.1) is 12.6 Å². The quantitative estimate of drug-likeness (QED) is 0.736. The van der Waals surface area contributed by atoms with Crippen LogP contribution in [-0.4, -0.2) is 30.2 Å². The molecule has 0 bridgehead atoms. The fraction of sp³-hybridized carbons (Fsp3) is 0.263. The summed E-state index contributed by atoms with van der Waals surface area (Å²) in [6.45, 7) is 5.96. The van der Waals surface area contributed by atoms with Crippen LogP contribution in [0.25, 0.3) is 10.9 Å². The van der Waals surface area contributed by atoms with E-state index in [-0.39, 0.29) is 0 Å². The first kappa shape index (κ1) is 16.1. The van der Waals surface area contributed by atoms with Crippen LogP contribution in [-0.2, 0) is 0 Å². The fourth-order valence-electron chi connectivity index (χ4n) is 2.62. The van der Waals surface area contributed by atoms with Gasteiger partial charge in [0.1, 0.15) is 11.6 Å². The summed E-state index contributed by atoms with van der Waals surface area (Å²) < 4.78 is 5.21. The number of nitrogens with one attached hydrogen (secondary N) is 1. The molecule has 0 fully saturated rings. The summed E-state index contributed by atoms with van der Waals surface area (Å²) in [4.78, 5) is 11.6. The Labute approximate surface area is 142 Å². The molecule has 5 nitrogen and oxygen atoms in total. The maximum absolute atomic E-state index is 5.21. The first-order chi connectivity index (χ1) is 11.7. The molecule has 0 spiro atoms. The van der Waals surface area contributed by atoms with Gasteiger partial charge in [-0.05, 0) is 50.2 Å². The fourth-order valence-corrected chi connectivity index (χ4v) is 2.62. The first-order valence-electron chi connectivity index (χ1n) is 8.18. The van der Waals surface area contributed by atoms with Crippen molar-refractivity contribution in [1.29, 1.82) is 0 Å². The van der Waals surface area contributed by atoms with E-state index in [1.807, 2.05) is 48.5 Å². The molecule has 0 radical (unpaired) electrons. The lowest BCUT2D eigenvalue weighted by Crippen LogP contribution is -2.24. The minimum atomic E-state index is 0.745. The molecular weight excluding hydrogens is 300 g/mol. The zero-order chi connectivity index (χ0) is 16.9. The summed E-state index contributed by atoms with van der Waals surface area (Å²) in [5.74, 6) is 2.39. The van der Waals surface area contributed by atoms with E-state index < -0.39 is 0 Å². The van der Waals surface area contributed by atoms with Gasteiger partial charge in [-0.25, -0.2) is 4.98 Å². The number of fused-ring (bicyclic) bond motifs is 1.